The van der Waals surface area contributed by atoms with Gasteiger partial charge in [-0.3, -0.25) is 0 Å². The largest absolute Gasteiger partial charge is 0.316 e. The van der Waals surface area contributed by atoms with Crippen molar-refractivity contribution in [2.75, 3.05) is 26.7 Å². The quantitative estimate of drug-likeness (QED) is 0.388. The fourth-order valence-corrected chi connectivity index (χ4v) is 2.28. The number of likely N-dealkylation sites (tertiary alicyclic amines) is 1. The number of hydrogen-bond acceptors (Lipinski definition) is 0. The van der Waals surface area contributed by atoms with Crippen molar-refractivity contribution < 1.29 is 4.48 Å². The van der Waals surface area contributed by atoms with Crippen molar-refractivity contribution >= 4 is 0 Å². The molecule has 0 spiro atoms. The van der Waals surface area contributed by atoms with Gasteiger partial charge in [0.1, 0.15) is 6.54 Å². The maximum Gasteiger partial charge on any atom is 0.140 e. The molecule has 1 nitrogen and oxygen atoms in total. The molecule has 0 N–H and O–H groups in total. The van der Waals surface area contributed by atoms with E-state index in [0.717, 1.165) is 18.9 Å². The zero-order valence-electron chi connectivity index (χ0n) is 11.4. The number of piperidine rings is 1. The van der Waals surface area contributed by atoms with Gasteiger partial charge in [0.05, 0.1) is 20.1 Å². The average molecular weight is 222 g/mol. The highest BCUT2D eigenvalue weighted by molar-refractivity contribution is 4.99. The Hall–Kier alpha value is -0.480. The van der Waals surface area contributed by atoms with Crippen molar-refractivity contribution in [3.63, 3.8) is 0 Å². The van der Waals surface area contributed by atoms with Crippen LogP contribution in [0.25, 0.3) is 0 Å². The molecule has 1 saturated heterocycles. The second kappa shape index (κ2) is 6.97. The van der Waals surface area contributed by atoms with Gasteiger partial charge in [0, 0.05) is 6.42 Å². The summed E-state index contributed by atoms with van der Waals surface area (Å²) in [4.78, 5) is 0. The lowest BCUT2D eigenvalue weighted by atomic mass is 9.97. The first-order chi connectivity index (χ1) is 7.66. The van der Waals surface area contributed by atoms with Gasteiger partial charge in [-0.05, 0) is 31.1 Å². The molecule has 1 heterocycles. The molecule has 1 rings (SSSR count). The van der Waals surface area contributed by atoms with Crippen LogP contribution in [0.1, 0.15) is 52.4 Å². The number of hydrogen-bond donors (Lipinski definition) is 0. The van der Waals surface area contributed by atoms with E-state index in [4.69, 9.17) is 0 Å². The van der Waals surface area contributed by atoms with Crippen LogP contribution in [0.3, 0.4) is 0 Å². The lowest BCUT2D eigenvalue weighted by molar-refractivity contribution is -0.908. The van der Waals surface area contributed by atoms with E-state index in [-0.39, 0.29) is 0 Å². The summed E-state index contributed by atoms with van der Waals surface area (Å²) in [5, 5.41) is 0. The molecule has 16 heavy (non-hydrogen) atoms. The first-order valence-corrected chi connectivity index (χ1v) is 6.95. The molecule has 1 aliphatic rings. The standard InChI is InChI=1S/C15H28N/c1-4-5-6-7-8-9-12-16(3)13-10-15(2)11-14-16/h15H,4-7,10-14H2,1-3H3/q+1. The molecule has 0 aromatic carbocycles. The molecule has 0 radical (unpaired) electrons. The zero-order chi connectivity index (χ0) is 11.9. The van der Waals surface area contributed by atoms with Crippen molar-refractivity contribution in [1.82, 2.24) is 0 Å². The maximum atomic E-state index is 3.39. The van der Waals surface area contributed by atoms with E-state index in [1.54, 1.807) is 0 Å². The Labute approximate surface area is 102 Å². The van der Waals surface area contributed by atoms with E-state index in [0.29, 0.717) is 0 Å². The summed E-state index contributed by atoms with van der Waals surface area (Å²) in [6.07, 6.45) is 7.78. The third-order valence-corrected chi connectivity index (χ3v) is 3.81. The lowest BCUT2D eigenvalue weighted by Crippen LogP contribution is -2.49. The summed E-state index contributed by atoms with van der Waals surface area (Å²) in [6.45, 7) is 8.34. The zero-order valence-corrected chi connectivity index (χ0v) is 11.4. The third kappa shape index (κ3) is 5.03. The van der Waals surface area contributed by atoms with E-state index < -0.39 is 0 Å². The van der Waals surface area contributed by atoms with Crippen LogP contribution >= 0.6 is 0 Å². The molecule has 0 aromatic rings. The van der Waals surface area contributed by atoms with E-state index in [9.17, 15) is 0 Å². The molecular weight excluding hydrogens is 194 g/mol. The van der Waals surface area contributed by atoms with Crippen LogP contribution in [-0.4, -0.2) is 31.2 Å². The van der Waals surface area contributed by atoms with Crippen molar-refractivity contribution in [2.24, 2.45) is 5.92 Å². The summed E-state index contributed by atoms with van der Waals surface area (Å²) in [7, 11) is 2.37. The van der Waals surface area contributed by atoms with Crippen LogP contribution in [0.15, 0.2) is 0 Å². The second-order valence-corrected chi connectivity index (χ2v) is 5.72. The summed E-state index contributed by atoms with van der Waals surface area (Å²) in [5.74, 6) is 7.66. The minimum Gasteiger partial charge on any atom is -0.316 e. The molecule has 0 saturated carbocycles. The molecule has 0 aliphatic carbocycles. The second-order valence-electron chi connectivity index (χ2n) is 5.72. The molecule has 0 unspecified atom stereocenters. The first kappa shape index (κ1) is 13.6. The molecule has 92 valence electrons. The first-order valence-electron chi connectivity index (χ1n) is 6.95. The molecule has 0 bridgehead atoms. The molecule has 0 aromatic heterocycles. The van der Waals surface area contributed by atoms with Crippen LogP contribution in [0.4, 0.5) is 0 Å². The highest BCUT2D eigenvalue weighted by atomic mass is 15.3. The Kier molecular flexibility index (Phi) is 5.91. The molecule has 1 aliphatic heterocycles. The molecule has 1 fully saturated rings. The normalized spacial score (nSPS) is 29.6. The van der Waals surface area contributed by atoms with Gasteiger partial charge < -0.3 is 4.48 Å². The van der Waals surface area contributed by atoms with E-state index in [2.05, 4.69) is 32.7 Å². The monoisotopic (exact) mass is 222 g/mol. The van der Waals surface area contributed by atoms with Crippen LogP contribution in [0.2, 0.25) is 0 Å². The molecular formula is C15H28N+. The fourth-order valence-electron chi connectivity index (χ4n) is 2.28. The Balaban J connectivity index is 2.20. The van der Waals surface area contributed by atoms with Crippen LogP contribution in [-0.2, 0) is 0 Å². The number of unbranched alkanes of at least 4 members (excludes halogenated alkanes) is 3. The predicted molar refractivity (Wildman–Crippen MR) is 71.1 cm³/mol. The number of rotatable bonds is 4. The number of quaternary nitrogens is 1. The minimum absolute atomic E-state index is 0.934. The van der Waals surface area contributed by atoms with E-state index >= 15 is 0 Å². The molecule has 0 atom stereocenters. The van der Waals surface area contributed by atoms with Gasteiger partial charge in [0.25, 0.3) is 0 Å². The molecule has 0 amide bonds. The minimum atomic E-state index is 0.934. The summed E-state index contributed by atoms with van der Waals surface area (Å²) in [6, 6.07) is 0. The number of nitrogens with zero attached hydrogens (tertiary/aromatic N) is 1. The third-order valence-electron chi connectivity index (χ3n) is 3.81. The van der Waals surface area contributed by atoms with Crippen LogP contribution in [0.5, 0.6) is 0 Å². The molecule has 1 heteroatoms. The Bertz CT molecular complexity index is 238. The smallest absolute Gasteiger partial charge is 0.140 e. The van der Waals surface area contributed by atoms with Crippen molar-refractivity contribution in [3.05, 3.63) is 0 Å². The van der Waals surface area contributed by atoms with Gasteiger partial charge in [0.2, 0.25) is 0 Å². The Morgan fingerprint density at radius 3 is 2.44 bits per heavy atom. The van der Waals surface area contributed by atoms with Gasteiger partial charge in [-0.15, -0.1) is 0 Å². The summed E-state index contributed by atoms with van der Waals surface area (Å²) in [5.41, 5.74) is 0. The summed E-state index contributed by atoms with van der Waals surface area (Å²) < 4.78 is 1.19. The Morgan fingerprint density at radius 1 is 1.12 bits per heavy atom. The highest BCUT2D eigenvalue weighted by Crippen LogP contribution is 2.20. The average Bonchev–Trinajstić information content (AvgIpc) is 2.28. The van der Waals surface area contributed by atoms with E-state index in [1.165, 1.54) is 49.7 Å². The van der Waals surface area contributed by atoms with Crippen molar-refractivity contribution in [2.45, 2.75) is 52.4 Å². The summed E-state index contributed by atoms with van der Waals surface area (Å²) >= 11 is 0. The van der Waals surface area contributed by atoms with Crippen LogP contribution in [0, 0.1) is 17.8 Å². The fraction of sp³-hybridized carbons (Fsp3) is 0.867. The highest BCUT2D eigenvalue weighted by Gasteiger charge is 2.26. The lowest BCUT2D eigenvalue weighted by Gasteiger charge is -2.38. The van der Waals surface area contributed by atoms with Crippen molar-refractivity contribution in [3.8, 4) is 11.8 Å². The van der Waals surface area contributed by atoms with Crippen LogP contribution < -0.4 is 0 Å². The van der Waals surface area contributed by atoms with E-state index in [1.807, 2.05) is 0 Å². The van der Waals surface area contributed by atoms with Gasteiger partial charge >= 0.3 is 0 Å². The van der Waals surface area contributed by atoms with Gasteiger partial charge in [-0.2, -0.15) is 0 Å². The van der Waals surface area contributed by atoms with Crippen molar-refractivity contribution in [1.29, 1.82) is 0 Å². The topological polar surface area (TPSA) is 0 Å². The predicted octanol–water partition coefficient (Wildman–Crippen LogP) is 3.45. The van der Waals surface area contributed by atoms with Gasteiger partial charge in [-0.1, -0.05) is 32.6 Å². The van der Waals surface area contributed by atoms with Gasteiger partial charge in [-0.25, -0.2) is 0 Å². The maximum absolute atomic E-state index is 3.39. The SMILES string of the molecule is CCCCCC#CC[N+]1(C)CCC(C)CC1. The van der Waals surface area contributed by atoms with Gasteiger partial charge in [0.15, 0.2) is 0 Å². The Morgan fingerprint density at radius 2 is 1.81 bits per heavy atom.